The quantitative estimate of drug-likeness (QED) is 0.536. The van der Waals surface area contributed by atoms with Crippen molar-refractivity contribution in [2.45, 2.75) is 53.4 Å². The summed E-state index contributed by atoms with van der Waals surface area (Å²) in [4.78, 5) is 17.6. The first-order chi connectivity index (χ1) is 13.9. The summed E-state index contributed by atoms with van der Waals surface area (Å²) in [6, 6.07) is 2.03. The van der Waals surface area contributed by atoms with Crippen molar-refractivity contribution in [1.82, 2.24) is 14.7 Å². The molecule has 0 saturated heterocycles. The first-order valence-corrected chi connectivity index (χ1v) is 10.6. The predicted octanol–water partition coefficient (Wildman–Crippen LogP) is 4.90. The molecule has 5 heteroatoms. The lowest BCUT2D eigenvalue weighted by molar-refractivity contribution is 0.0940. The number of allylic oxidation sites excluding steroid dienone is 2. The molecule has 1 amide bonds. The van der Waals surface area contributed by atoms with Gasteiger partial charge in [-0.25, -0.2) is 4.98 Å². The van der Waals surface area contributed by atoms with E-state index in [2.05, 4.69) is 23.0 Å². The highest BCUT2D eigenvalue weighted by Crippen LogP contribution is 2.33. The van der Waals surface area contributed by atoms with Crippen LogP contribution in [0.2, 0.25) is 0 Å². The Morgan fingerprint density at radius 1 is 1.31 bits per heavy atom. The summed E-state index contributed by atoms with van der Waals surface area (Å²) in [6.45, 7) is 13.0. The standard InChI is InChI=1S/C24H33N3O2/c1-6-12-29-21(7-2)20-10-8-19(9-11-20)14-25-24(28)22-16(3)15-27-18(5)13-17(4)26-23(22)27/h6-7,13,15,19-20H,1,8-12,14H2,2-5H3,(H,25,28)/b21-7-. The van der Waals surface area contributed by atoms with E-state index in [1.54, 1.807) is 6.08 Å². The summed E-state index contributed by atoms with van der Waals surface area (Å²) in [5.74, 6) is 2.06. The number of hydrogen-bond donors (Lipinski definition) is 1. The van der Waals surface area contributed by atoms with E-state index in [1.165, 1.54) is 0 Å². The number of carbonyl (C=O) groups excluding carboxylic acids is 1. The number of nitrogens with zero attached hydrogens (tertiary/aromatic N) is 2. The van der Waals surface area contributed by atoms with Crippen LogP contribution in [-0.4, -0.2) is 28.4 Å². The SMILES string of the molecule is C=CCO/C(=C\C)C1CCC(CNC(=O)c2c(C)cn3c(C)cc(C)nc23)CC1. The first kappa shape index (κ1) is 21.2. The average molecular weight is 396 g/mol. The molecule has 156 valence electrons. The number of nitrogens with one attached hydrogen (secondary N) is 1. The number of aryl methyl sites for hydroxylation is 3. The van der Waals surface area contributed by atoms with Crippen molar-refractivity contribution < 1.29 is 9.53 Å². The Bertz CT molecular complexity index is 918. The van der Waals surface area contributed by atoms with E-state index in [9.17, 15) is 4.79 Å². The number of aromatic nitrogens is 2. The molecule has 0 bridgehead atoms. The fraction of sp³-hybridized carbons (Fsp3) is 0.500. The van der Waals surface area contributed by atoms with E-state index < -0.39 is 0 Å². The first-order valence-electron chi connectivity index (χ1n) is 10.6. The molecule has 2 aromatic heterocycles. The molecule has 2 heterocycles. The van der Waals surface area contributed by atoms with Crippen LogP contribution in [-0.2, 0) is 4.74 Å². The van der Waals surface area contributed by atoms with Crippen molar-refractivity contribution in [2.75, 3.05) is 13.2 Å². The third-order valence-electron chi connectivity index (χ3n) is 5.93. The van der Waals surface area contributed by atoms with Gasteiger partial charge in [0.25, 0.3) is 5.91 Å². The van der Waals surface area contributed by atoms with Crippen LogP contribution in [0.1, 0.15) is 59.9 Å². The Kier molecular flexibility index (Phi) is 6.78. The van der Waals surface area contributed by atoms with Gasteiger partial charge in [-0.05, 0) is 77.0 Å². The highest BCUT2D eigenvalue weighted by Gasteiger charge is 2.25. The predicted molar refractivity (Wildman–Crippen MR) is 117 cm³/mol. The molecule has 1 fully saturated rings. The van der Waals surface area contributed by atoms with Gasteiger partial charge in [0.15, 0.2) is 0 Å². The van der Waals surface area contributed by atoms with Crippen LogP contribution in [0.25, 0.3) is 5.65 Å². The normalized spacial score (nSPS) is 19.9. The lowest BCUT2D eigenvalue weighted by Gasteiger charge is -2.30. The summed E-state index contributed by atoms with van der Waals surface area (Å²) >= 11 is 0. The number of amides is 1. The van der Waals surface area contributed by atoms with Gasteiger partial charge >= 0.3 is 0 Å². The van der Waals surface area contributed by atoms with Crippen LogP contribution in [0, 0.1) is 32.6 Å². The molecule has 1 aliphatic carbocycles. The lowest BCUT2D eigenvalue weighted by Crippen LogP contribution is -2.32. The Balaban J connectivity index is 1.59. The molecule has 1 N–H and O–H groups in total. The van der Waals surface area contributed by atoms with Gasteiger partial charge in [0, 0.05) is 30.0 Å². The number of carbonyl (C=O) groups is 1. The second-order valence-corrected chi connectivity index (χ2v) is 8.14. The molecular weight excluding hydrogens is 362 g/mol. The van der Waals surface area contributed by atoms with Crippen molar-refractivity contribution in [3.8, 4) is 0 Å². The molecule has 2 aromatic rings. The highest BCUT2D eigenvalue weighted by molar-refractivity contribution is 6.01. The molecule has 1 aliphatic rings. The van der Waals surface area contributed by atoms with Gasteiger partial charge < -0.3 is 14.5 Å². The zero-order valence-corrected chi connectivity index (χ0v) is 18.1. The summed E-state index contributed by atoms with van der Waals surface area (Å²) in [7, 11) is 0. The van der Waals surface area contributed by atoms with Crippen LogP contribution in [0.15, 0.2) is 36.8 Å². The van der Waals surface area contributed by atoms with Gasteiger partial charge in [-0.15, -0.1) is 0 Å². The van der Waals surface area contributed by atoms with Gasteiger partial charge in [0.1, 0.15) is 12.3 Å². The topological polar surface area (TPSA) is 55.6 Å². The maximum atomic E-state index is 12.9. The van der Waals surface area contributed by atoms with Gasteiger partial charge in [-0.1, -0.05) is 12.7 Å². The minimum absolute atomic E-state index is 0.0203. The van der Waals surface area contributed by atoms with E-state index in [4.69, 9.17) is 4.74 Å². The fourth-order valence-electron chi connectivity index (χ4n) is 4.42. The maximum Gasteiger partial charge on any atom is 0.255 e. The monoisotopic (exact) mass is 395 g/mol. The molecule has 5 nitrogen and oxygen atoms in total. The lowest BCUT2D eigenvalue weighted by atomic mass is 9.81. The molecule has 0 radical (unpaired) electrons. The largest absolute Gasteiger partial charge is 0.494 e. The Morgan fingerprint density at radius 2 is 2.03 bits per heavy atom. The summed E-state index contributed by atoms with van der Waals surface area (Å²) in [6.07, 6.45) is 10.3. The van der Waals surface area contributed by atoms with E-state index >= 15 is 0 Å². The van der Waals surface area contributed by atoms with Gasteiger partial charge in [-0.2, -0.15) is 0 Å². The number of hydrogen-bond acceptors (Lipinski definition) is 3. The molecule has 0 spiro atoms. The minimum Gasteiger partial charge on any atom is -0.494 e. The molecule has 3 rings (SSSR count). The van der Waals surface area contributed by atoms with Gasteiger partial charge in [-0.3, -0.25) is 4.79 Å². The van der Waals surface area contributed by atoms with Crippen molar-refractivity contribution in [2.24, 2.45) is 11.8 Å². The maximum absolute atomic E-state index is 12.9. The van der Waals surface area contributed by atoms with Crippen molar-refractivity contribution in [3.05, 3.63) is 59.3 Å². The average Bonchev–Trinajstić information content (AvgIpc) is 3.04. The van der Waals surface area contributed by atoms with E-state index in [-0.39, 0.29) is 5.91 Å². The van der Waals surface area contributed by atoms with Crippen LogP contribution < -0.4 is 5.32 Å². The molecule has 0 atom stereocenters. The summed E-state index contributed by atoms with van der Waals surface area (Å²) in [5, 5.41) is 3.17. The molecule has 0 unspecified atom stereocenters. The molecule has 0 aromatic carbocycles. The van der Waals surface area contributed by atoms with Crippen molar-refractivity contribution in [3.63, 3.8) is 0 Å². The van der Waals surface area contributed by atoms with Crippen LogP contribution in [0.4, 0.5) is 0 Å². The highest BCUT2D eigenvalue weighted by atomic mass is 16.5. The Morgan fingerprint density at radius 3 is 2.69 bits per heavy atom. The van der Waals surface area contributed by atoms with Crippen LogP contribution >= 0.6 is 0 Å². The van der Waals surface area contributed by atoms with Crippen molar-refractivity contribution >= 4 is 11.6 Å². The fourth-order valence-corrected chi connectivity index (χ4v) is 4.42. The van der Waals surface area contributed by atoms with Gasteiger partial charge in [0.05, 0.1) is 11.3 Å². The Labute approximate surface area is 173 Å². The molecular formula is C24H33N3O2. The van der Waals surface area contributed by atoms with E-state index in [1.807, 2.05) is 44.4 Å². The number of ether oxygens (including phenoxy) is 1. The number of fused-ring (bicyclic) bond motifs is 1. The minimum atomic E-state index is -0.0203. The van der Waals surface area contributed by atoms with Crippen molar-refractivity contribution in [1.29, 1.82) is 0 Å². The van der Waals surface area contributed by atoms with Gasteiger partial charge in [0.2, 0.25) is 0 Å². The third kappa shape index (κ3) is 4.72. The second-order valence-electron chi connectivity index (χ2n) is 8.14. The number of rotatable bonds is 7. The second kappa shape index (κ2) is 9.29. The zero-order valence-electron chi connectivity index (χ0n) is 18.1. The third-order valence-corrected chi connectivity index (χ3v) is 5.93. The zero-order chi connectivity index (χ0) is 21.0. The molecule has 29 heavy (non-hydrogen) atoms. The van der Waals surface area contributed by atoms with Crippen LogP contribution in [0.3, 0.4) is 0 Å². The van der Waals surface area contributed by atoms with Crippen LogP contribution in [0.5, 0.6) is 0 Å². The smallest absolute Gasteiger partial charge is 0.255 e. The van der Waals surface area contributed by atoms with E-state index in [0.717, 1.165) is 54.0 Å². The molecule has 1 saturated carbocycles. The summed E-state index contributed by atoms with van der Waals surface area (Å²) < 4.78 is 7.80. The summed E-state index contributed by atoms with van der Waals surface area (Å²) in [5.41, 5.74) is 4.42. The Hall–Kier alpha value is -2.56. The molecule has 0 aliphatic heterocycles. The van der Waals surface area contributed by atoms with E-state index in [0.29, 0.717) is 30.6 Å².